The van der Waals surface area contributed by atoms with Crippen molar-refractivity contribution in [3.63, 3.8) is 0 Å². The van der Waals surface area contributed by atoms with Gasteiger partial charge in [0.05, 0.1) is 26.9 Å². The van der Waals surface area contributed by atoms with Crippen LogP contribution in [0.25, 0.3) is 0 Å². The number of carbonyl (C=O) groups is 1. The molecule has 0 fully saturated rings. The highest BCUT2D eigenvalue weighted by Crippen LogP contribution is 2.38. The van der Waals surface area contributed by atoms with Crippen molar-refractivity contribution in [1.82, 2.24) is 0 Å². The van der Waals surface area contributed by atoms with Crippen LogP contribution in [0, 0.1) is 0 Å². The summed E-state index contributed by atoms with van der Waals surface area (Å²) in [5, 5.41) is 0. The van der Waals surface area contributed by atoms with Crippen LogP contribution in [0.2, 0.25) is 0 Å². The number of methoxy groups -OCH3 is 3. The molecule has 0 atom stereocenters. The van der Waals surface area contributed by atoms with Crippen LogP contribution in [0.1, 0.15) is 10.4 Å². The second-order valence-corrected chi connectivity index (χ2v) is 5.77. The average molecular weight is 411 g/mol. The molecule has 0 aromatic heterocycles. The average Bonchev–Trinajstić information content (AvgIpc) is 2.65. The van der Waals surface area contributed by atoms with E-state index in [0.717, 1.165) is 4.47 Å². The molecule has 0 amide bonds. The third-order valence-corrected chi connectivity index (χ3v) is 3.83. The Bertz CT molecular complexity index is 689. The Morgan fingerprint density at radius 1 is 0.920 bits per heavy atom. The van der Waals surface area contributed by atoms with Crippen molar-refractivity contribution >= 4 is 21.9 Å². The summed E-state index contributed by atoms with van der Waals surface area (Å²) >= 11 is 3.35. The predicted octanol–water partition coefficient (Wildman–Crippen LogP) is 3.71. The molecule has 0 aliphatic heterocycles. The minimum Gasteiger partial charge on any atom is -0.493 e. The fourth-order valence-corrected chi connectivity index (χ4v) is 2.37. The maximum atomic E-state index is 12.2. The summed E-state index contributed by atoms with van der Waals surface area (Å²) in [6.45, 7) is 0.364. The normalized spacial score (nSPS) is 10.1. The lowest BCUT2D eigenvalue weighted by atomic mass is 10.2. The molecule has 0 aliphatic rings. The standard InChI is InChI=1S/C18H19BrO6/c1-21-15-10-12(11-16(22-2)17(15)23-3)18(20)25-9-8-24-14-6-4-13(19)5-7-14/h4-7,10-11H,8-9H2,1-3H3. The van der Waals surface area contributed by atoms with E-state index in [4.69, 9.17) is 23.7 Å². The molecule has 0 saturated heterocycles. The lowest BCUT2D eigenvalue weighted by molar-refractivity contribution is 0.0449. The van der Waals surface area contributed by atoms with Crippen LogP contribution in [0.15, 0.2) is 40.9 Å². The van der Waals surface area contributed by atoms with E-state index in [1.807, 2.05) is 24.3 Å². The number of carbonyl (C=O) groups excluding carboxylic acids is 1. The van der Waals surface area contributed by atoms with Crippen LogP contribution in [-0.2, 0) is 4.74 Å². The first-order valence-electron chi connectivity index (χ1n) is 7.44. The van der Waals surface area contributed by atoms with E-state index in [9.17, 15) is 4.79 Å². The van der Waals surface area contributed by atoms with Crippen molar-refractivity contribution in [2.45, 2.75) is 0 Å². The highest BCUT2D eigenvalue weighted by atomic mass is 79.9. The number of halogens is 1. The van der Waals surface area contributed by atoms with Crippen molar-refractivity contribution in [3.05, 3.63) is 46.4 Å². The van der Waals surface area contributed by atoms with Crippen LogP contribution < -0.4 is 18.9 Å². The number of benzene rings is 2. The van der Waals surface area contributed by atoms with Gasteiger partial charge in [-0.25, -0.2) is 4.79 Å². The second-order valence-electron chi connectivity index (χ2n) is 4.85. The summed E-state index contributed by atoms with van der Waals surface area (Å²) in [5.74, 6) is 1.39. The van der Waals surface area contributed by atoms with Gasteiger partial charge < -0.3 is 23.7 Å². The number of rotatable bonds is 8. The number of ether oxygens (including phenoxy) is 5. The Kier molecular flexibility index (Phi) is 6.94. The van der Waals surface area contributed by atoms with E-state index in [1.165, 1.54) is 21.3 Å². The zero-order valence-electron chi connectivity index (χ0n) is 14.2. The molecule has 2 aromatic carbocycles. The van der Waals surface area contributed by atoms with Gasteiger partial charge in [0.25, 0.3) is 0 Å². The van der Waals surface area contributed by atoms with Gasteiger partial charge in [-0.15, -0.1) is 0 Å². The Balaban J connectivity index is 1.95. The molecule has 2 aromatic rings. The molecule has 7 heteroatoms. The molecule has 0 saturated carbocycles. The quantitative estimate of drug-likeness (QED) is 0.488. The van der Waals surface area contributed by atoms with Crippen molar-refractivity contribution in [3.8, 4) is 23.0 Å². The molecular weight excluding hydrogens is 392 g/mol. The maximum absolute atomic E-state index is 12.2. The molecule has 0 unspecified atom stereocenters. The van der Waals surface area contributed by atoms with Crippen LogP contribution in [-0.4, -0.2) is 40.5 Å². The zero-order chi connectivity index (χ0) is 18.2. The fraction of sp³-hybridized carbons (Fsp3) is 0.278. The van der Waals surface area contributed by atoms with Crippen LogP contribution in [0.4, 0.5) is 0 Å². The SMILES string of the molecule is COc1cc(C(=O)OCCOc2ccc(Br)cc2)cc(OC)c1OC. The van der Waals surface area contributed by atoms with Crippen LogP contribution >= 0.6 is 15.9 Å². The third kappa shape index (κ3) is 5.03. The van der Waals surface area contributed by atoms with Gasteiger partial charge >= 0.3 is 5.97 Å². The monoisotopic (exact) mass is 410 g/mol. The third-order valence-electron chi connectivity index (χ3n) is 3.30. The van der Waals surface area contributed by atoms with E-state index in [2.05, 4.69) is 15.9 Å². The van der Waals surface area contributed by atoms with Gasteiger partial charge in [0.15, 0.2) is 11.5 Å². The highest BCUT2D eigenvalue weighted by molar-refractivity contribution is 9.10. The summed E-state index contributed by atoms with van der Waals surface area (Å²) in [6.07, 6.45) is 0. The number of hydrogen-bond donors (Lipinski definition) is 0. The molecule has 0 radical (unpaired) electrons. The highest BCUT2D eigenvalue weighted by Gasteiger charge is 2.17. The summed E-state index contributed by atoms with van der Waals surface area (Å²) in [4.78, 5) is 12.2. The summed E-state index contributed by atoms with van der Waals surface area (Å²) in [6, 6.07) is 10.5. The lowest BCUT2D eigenvalue weighted by Gasteiger charge is -2.14. The largest absolute Gasteiger partial charge is 0.493 e. The van der Waals surface area contributed by atoms with Gasteiger partial charge in [0, 0.05) is 4.47 Å². The Hall–Kier alpha value is -2.41. The van der Waals surface area contributed by atoms with E-state index >= 15 is 0 Å². The van der Waals surface area contributed by atoms with Crippen LogP contribution in [0.5, 0.6) is 23.0 Å². The molecular formula is C18H19BrO6. The van der Waals surface area contributed by atoms with Gasteiger partial charge in [-0.3, -0.25) is 0 Å². The van der Waals surface area contributed by atoms with E-state index in [0.29, 0.717) is 28.6 Å². The molecule has 0 N–H and O–H groups in total. The first-order valence-corrected chi connectivity index (χ1v) is 8.23. The van der Waals surface area contributed by atoms with E-state index < -0.39 is 5.97 Å². The van der Waals surface area contributed by atoms with Crippen molar-refractivity contribution in [2.24, 2.45) is 0 Å². The minimum absolute atomic E-state index is 0.117. The predicted molar refractivity (Wildman–Crippen MR) is 96.0 cm³/mol. The second kappa shape index (κ2) is 9.17. The van der Waals surface area contributed by atoms with Crippen molar-refractivity contribution < 1.29 is 28.5 Å². The molecule has 6 nitrogen and oxygen atoms in total. The summed E-state index contributed by atoms with van der Waals surface area (Å²) < 4.78 is 27.4. The lowest BCUT2D eigenvalue weighted by Crippen LogP contribution is -2.13. The molecule has 134 valence electrons. The maximum Gasteiger partial charge on any atom is 0.338 e. The Morgan fingerprint density at radius 2 is 1.52 bits per heavy atom. The van der Waals surface area contributed by atoms with Crippen molar-refractivity contribution in [2.75, 3.05) is 34.5 Å². The van der Waals surface area contributed by atoms with Gasteiger partial charge in [-0.2, -0.15) is 0 Å². The molecule has 0 bridgehead atoms. The Labute approximate surface area is 154 Å². The zero-order valence-corrected chi connectivity index (χ0v) is 15.8. The number of esters is 1. The molecule has 0 spiro atoms. The molecule has 0 heterocycles. The topological polar surface area (TPSA) is 63.2 Å². The van der Waals surface area contributed by atoms with Gasteiger partial charge in [0.1, 0.15) is 19.0 Å². The first kappa shape index (κ1) is 18.9. The van der Waals surface area contributed by atoms with Gasteiger partial charge in [0.2, 0.25) is 5.75 Å². The molecule has 0 aliphatic carbocycles. The van der Waals surface area contributed by atoms with Crippen molar-refractivity contribution in [1.29, 1.82) is 0 Å². The first-order chi connectivity index (χ1) is 12.1. The van der Waals surface area contributed by atoms with Gasteiger partial charge in [-0.05, 0) is 36.4 Å². The van der Waals surface area contributed by atoms with Crippen LogP contribution in [0.3, 0.4) is 0 Å². The smallest absolute Gasteiger partial charge is 0.338 e. The minimum atomic E-state index is -0.501. The summed E-state index contributed by atoms with van der Waals surface area (Å²) in [7, 11) is 4.47. The molecule has 2 rings (SSSR count). The van der Waals surface area contributed by atoms with Gasteiger partial charge in [-0.1, -0.05) is 15.9 Å². The van der Waals surface area contributed by atoms with E-state index in [1.54, 1.807) is 12.1 Å². The molecule has 25 heavy (non-hydrogen) atoms. The number of hydrogen-bond acceptors (Lipinski definition) is 6. The fourth-order valence-electron chi connectivity index (χ4n) is 2.11. The summed E-state index contributed by atoms with van der Waals surface area (Å²) in [5.41, 5.74) is 0.304. The Morgan fingerprint density at radius 3 is 2.04 bits per heavy atom. The van der Waals surface area contributed by atoms with E-state index in [-0.39, 0.29) is 13.2 Å².